The first-order valence-corrected chi connectivity index (χ1v) is 5.99. The third-order valence-corrected chi connectivity index (χ3v) is 2.73. The lowest BCUT2D eigenvalue weighted by molar-refractivity contribution is 0.411. The molecule has 0 amide bonds. The molecule has 78 valence electrons. The number of rotatable bonds is 4. The van der Waals surface area contributed by atoms with E-state index in [-0.39, 0.29) is 6.04 Å². The van der Waals surface area contributed by atoms with Gasteiger partial charge in [0.1, 0.15) is 5.75 Å². The van der Waals surface area contributed by atoms with Gasteiger partial charge in [-0.1, -0.05) is 6.07 Å². The monoisotopic (exact) mass is 211 g/mol. The van der Waals surface area contributed by atoms with E-state index >= 15 is 0 Å². The highest BCUT2D eigenvalue weighted by molar-refractivity contribution is 7.97. The van der Waals surface area contributed by atoms with Crippen molar-refractivity contribution in [3.05, 3.63) is 29.3 Å². The van der Waals surface area contributed by atoms with Crippen LogP contribution in [0.2, 0.25) is 0 Å². The summed E-state index contributed by atoms with van der Waals surface area (Å²) < 4.78 is 5.28. The largest absolute Gasteiger partial charge is 0.496 e. The molecule has 1 aromatic carbocycles. The van der Waals surface area contributed by atoms with Gasteiger partial charge in [0.25, 0.3) is 0 Å². The van der Waals surface area contributed by atoms with Gasteiger partial charge in [0.05, 0.1) is 7.11 Å². The number of nitrogens with two attached hydrogens (primary N) is 1. The zero-order valence-corrected chi connectivity index (χ0v) is 9.73. The summed E-state index contributed by atoms with van der Waals surface area (Å²) in [6.45, 7) is 1.99. The first-order chi connectivity index (χ1) is 6.69. The maximum atomic E-state index is 5.82. The fourth-order valence-electron chi connectivity index (χ4n) is 1.35. The van der Waals surface area contributed by atoms with Crippen molar-refractivity contribution in [2.75, 3.05) is 13.4 Å². The molecular formula is C11H17NOS. The van der Waals surface area contributed by atoms with Gasteiger partial charge < -0.3 is 10.5 Å². The van der Waals surface area contributed by atoms with Crippen molar-refractivity contribution < 1.29 is 4.74 Å². The number of hydrogen-bond donors (Lipinski definition) is 1. The second kappa shape index (κ2) is 5.27. The highest BCUT2D eigenvalue weighted by Gasteiger charge is 2.06. The average molecular weight is 211 g/mol. The van der Waals surface area contributed by atoms with E-state index in [4.69, 9.17) is 10.5 Å². The Hall–Kier alpha value is -0.670. The molecule has 0 aromatic heterocycles. The van der Waals surface area contributed by atoms with Gasteiger partial charge in [-0.15, -0.1) is 0 Å². The third-order valence-electron chi connectivity index (χ3n) is 2.13. The first kappa shape index (κ1) is 11.4. The average Bonchev–Trinajstić information content (AvgIpc) is 2.18. The molecule has 0 fully saturated rings. The van der Waals surface area contributed by atoms with Crippen LogP contribution in [-0.2, 0) is 5.75 Å². The standard InChI is InChI=1S/C11H17NOS/c1-8(12)9-4-5-11(13-2)10(6-9)7-14-3/h4-6,8H,7,12H2,1-3H3. The van der Waals surface area contributed by atoms with Crippen LogP contribution in [0.3, 0.4) is 0 Å². The second-order valence-corrected chi connectivity index (χ2v) is 4.16. The van der Waals surface area contributed by atoms with Gasteiger partial charge in [-0.3, -0.25) is 0 Å². The van der Waals surface area contributed by atoms with Crippen LogP contribution in [0.5, 0.6) is 5.75 Å². The van der Waals surface area contributed by atoms with Crippen molar-refractivity contribution in [3.8, 4) is 5.75 Å². The van der Waals surface area contributed by atoms with Gasteiger partial charge in [0.2, 0.25) is 0 Å². The van der Waals surface area contributed by atoms with Gasteiger partial charge in [-0.25, -0.2) is 0 Å². The zero-order chi connectivity index (χ0) is 10.6. The molecule has 0 radical (unpaired) electrons. The lowest BCUT2D eigenvalue weighted by atomic mass is 10.1. The van der Waals surface area contributed by atoms with Gasteiger partial charge in [0, 0.05) is 17.4 Å². The molecule has 0 saturated carbocycles. The minimum absolute atomic E-state index is 0.0847. The Labute approximate surface area is 89.8 Å². The molecule has 0 aliphatic heterocycles. The second-order valence-electron chi connectivity index (χ2n) is 3.29. The van der Waals surface area contributed by atoms with Crippen LogP contribution in [0, 0.1) is 0 Å². The van der Waals surface area contributed by atoms with Gasteiger partial charge in [-0.2, -0.15) is 11.8 Å². The summed E-state index contributed by atoms with van der Waals surface area (Å²) in [4.78, 5) is 0. The van der Waals surface area contributed by atoms with Crippen LogP contribution >= 0.6 is 11.8 Å². The summed E-state index contributed by atoms with van der Waals surface area (Å²) in [7, 11) is 1.70. The highest BCUT2D eigenvalue weighted by atomic mass is 32.2. The van der Waals surface area contributed by atoms with Crippen molar-refractivity contribution in [1.82, 2.24) is 0 Å². The Balaban J connectivity index is 3.01. The summed E-state index contributed by atoms with van der Waals surface area (Å²) in [5.41, 5.74) is 8.20. The first-order valence-electron chi connectivity index (χ1n) is 4.60. The van der Waals surface area contributed by atoms with E-state index in [1.165, 1.54) is 5.56 Å². The van der Waals surface area contributed by atoms with E-state index in [2.05, 4.69) is 12.3 Å². The molecule has 0 saturated heterocycles. The van der Waals surface area contributed by atoms with E-state index in [1.54, 1.807) is 18.9 Å². The highest BCUT2D eigenvalue weighted by Crippen LogP contribution is 2.25. The molecule has 1 aromatic rings. The quantitative estimate of drug-likeness (QED) is 0.831. The molecule has 14 heavy (non-hydrogen) atoms. The van der Waals surface area contributed by atoms with Crippen molar-refractivity contribution in [2.45, 2.75) is 18.7 Å². The predicted molar refractivity (Wildman–Crippen MR) is 62.8 cm³/mol. The topological polar surface area (TPSA) is 35.2 Å². The maximum Gasteiger partial charge on any atom is 0.122 e. The minimum atomic E-state index is 0.0847. The summed E-state index contributed by atoms with van der Waals surface area (Å²) in [6, 6.07) is 6.22. The molecule has 2 N–H and O–H groups in total. The van der Waals surface area contributed by atoms with E-state index < -0.39 is 0 Å². The molecule has 1 unspecified atom stereocenters. The molecule has 1 rings (SSSR count). The summed E-state index contributed by atoms with van der Waals surface area (Å²) in [5, 5.41) is 0. The third kappa shape index (κ3) is 2.66. The molecular weight excluding hydrogens is 194 g/mol. The van der Waals surface area contributed by atoms with E-state index in [1.807, 2.05) is 19.1 Å². The Kier molecular flexibility index (Phi) is 4.29. The normalized spacial score (nSPS) is 12.6. The van der Waals surface area contributed by atoms with Gasteiger partial charge in [-0.05, 0) is 30.9 Å². The van der Waals surface area contributed by atoms with E-state index in [0.717, 1.165) is 17.1 Å². The molecule has 0 aliphatic rings. The number of hydrogen-bond acceptors (Lipinski definition) is 3. The van der Waals surface area contributed by atoms with Crippen LogP contribution in [0.1, 0.15) is 24.1 Å². The summed E-state index contributed by atoms with van der Waals surface area (Å²) in [5.74, 6) is 1.91. The Morgan fingerprint density at radius 3 is 2.71 bits per heavy atom. The fourth-order valence-corrected chi connectivity index (χ4v) is 1.89. The summed E-state index contributed by atoms with van der Waals surface area (Å²) in [6.07, 6.45) is 2.08. The van der Waals surface area contributed by atoms with Crippen molar-refractivity contribution in [2.24, 2.45) is 5.73 Å². The smallest absolute Gasteiger partial charge is 0.122 e. The number of thioether (sulfide) groups is 1. The van der Waals surface area contributed by atoms with Crippen molar-refractivity contribution in [3.63, 3.8) is 0 Å². The molecule has 0 heterocycles. The molecule has 2 nitrogen and oxygen atoms in total. The van der Waals surface area contributed by atoms with Gasteiger partial charge in [0.15, 0.2) is 0 Å². The molecule has 0 spiro atoms. The SMILES string of the molecule is COc1ccc(C(C)N)cc1CSC. The van der Waals surface area contributed by atoms with Crippen LogP contribution in [0.15, 0.2) is 18.2 Å². The Morgan fingerprint density at radius 2 is 2.21 bits per heavy atom. The van der Waals surface area contributed by atoms with Crippen LogP contribution in [0.4, 0.5) is 0 Å². The van der Waals surface area contributed by atoms with Crippen LogP contribution in [-0.4, -0.2) is 13.4 Å². The van der Waals surface area contributed by atoms with Crippen molar-refractivity contribution >= 4 is 11.8 Å². The van der Waals surface area contributed by atoms with Crippen molar-refractivity contribution in [1.29, 1.82) is 0 Å². The predicted octanol–water partition coefficient (Wildman–Crippen LogP) is 2.58. The lowest BCUT2D eigenvalue weighted by Gasteiger charge is -2.11. The molecule has 0 bridgehead atoms. The Morgan fingerprint density at radius 1 is 1.50 bits per heavy atom. The van der Waals surface area contributed by atoms with Gasteiger partial charge >= 0.3 is 0 Å². The lowest BCUT2D eigenvalue weighted by Crippen LogP contribution is -2.05. The summed E-state index contributed by atoms with van der Waals surface area (Å²) >= 11 is 1.78. The maximum absolute atomic E-state index is 5.82. The van der Waals surface area contributed by atoms with Crippen LogP contribution in [0.25, 0.3) is 0 Å². The zero-order valence-electron chi connectivity index (χ0n) is 8.91. The van der Waals surface area contributed by atoms with E-state index in [0.29, 0.717) is 0 Å². The molecule has 0 aliphatic carbocycles. The number of benzene rings is 1. The van der Waals surface area contributed by atoms with E-state index in [9.17, 15) is 0 Å². The molecule has 3 heteroatoms. The Bertz CT molecular complexity index is 299. The number of ether oxygens (including phenoxy) is 1. The minimum Gasteiger partial charge on any atom is -0.496 e. The molecule has 1 atom stereocenters. The number of methoxy groups -OCH3 is 1. The van der Waals surface area contributed by atoms with Crippen LogP contribution < -0.4 is 10.5 Å². The fraction of sp³-hybridized carbons (Fsp3) is 0.455.